The zero-order valence-corrected chi connectivity index (χ0v) is 20.0. The van der Waals surface area contributed by atoms with E-state index in [2.05, 4.69) is 71.7 Å². The van der Waals surface area contributed by atoms with Crippen LogP contribution in [0.25, 0.3) is 10.8 Å². The molecule has 2 atom stereocenters. The van der Waals surface area contributed by atoms with E-state index in [1.807, 2.05) is 24.3 Å². The second-order valence-corrected chi connectivity index (χ2v) is 9.32. The van der Waals surface area contributed by atoms with Gasteiger partial charge in [0.2, 0.25) is 5.91 Å². The maximum Gasteiger partial charge on any atom is 0.224 e. The van der Waals surface area contributed by atoms with Crippen LogP contribution in [-0.2, 0) is 11.3 Å². The first-order chi connectivity index (χ1) is 16.0. The summed E-state index contributed by atoms with van der Waals surface area (Å²) in [5.41, 5.74) is 2.14. The van der Waals surface area contributed by atoms with Crippen molar-refractivity contribution < 1.29 is 9.53 Å². The van der Waals surface area contributed by atoms with Gasteiger partial charge in [0.05, 0.1) is 7.11 Å². The third kappa shape index (κ3) is 6.12. The van der Waals surface area contributed by atoms with Gasteiger partial charge < -0.3 is 15.0 Å². The Morgan fingerprint density at radius 1 is 1.06 bits per heavy atom. The summed E-state index contributed by atoms with van der Waals surface area (Å²) in [6.07, 6.45) is 2.53. The van der Waals surface area contributed by atoms with Crippen LogP contribution in [0.4, 0.5) is 5.69 Å². The van der Waals surface area contributed by atoms with Crippen molar-refractivity contribution in [2.45, 2.75) is 31.8 Å². The molecule has 0 spiro atoms. The fourth-order valence-electron chi connectivity index (χ4n) is 5.04. The summed E-state index contributed by atoms with van der Waals surface area (Å²) in [7, 11) is 5.95. The SMILES string of the molecule is COc1cccc(NC(=O)CC[C@H]2CN(Cc3ccc4ccccc4c3)CC[C@H]2N(C)C)c1. The molecule has 1 aliphatic heterocycles. The van der Waals surface area contributed by atoms with Gasteiger partial charge in [-0.15, -0.1) is 0 Å². The fourth-order valence-corrected chi connectivity index (χ4v) is 5.04. The summed E-state index contributed by atoms with van der Waals surface area (Å²) < 4.78 is 5.25. The number of piperidine rings is 1. The Hall–Kier alpha value is -2.89. The average molecular weight is 446 g/mol. The van der Waals surface area contributed by atoms with Crippen LogP contribution < -0.4 is 10.1 Å². The minimum atomic E-state index is 0.0624. The van der Waals surface area contributed by atoms with Gasteiger partial charge in [0, 0.05) is 37.3 Å². The zero-order valence-electron chi connectivity index (χ0n) is 20.0. The van der Waals surface area contributed by atoms with Crippen molar-refractivity contribution in [2.75, 3.05) is 39.6 Å². The number of fused-ring (bicyclic) bond motifs is 1. The predicted octanol–water partition coefficient (Wildman–Crippen LogP) is 5.02. The highest BCUT2D eigenvalue weighted by Gasteiger charge is 2.30. The van der Waals surface area contributed by atoms with Crippen molar-refractivity contribution in [3.63, 3.8) is 0 Å². The summed E-state index contributed by atoms with van der Waals surface area (Å²) in [5.74, 6) is 1.27. The Kier molecular flexibility index (Phi) is 7.63. The monoisotopic (exact) mass is 445 g/mol. The number of ether oxygens (including phenoxy) is 1. The van der Waals surface area contributed by atoms with E-state index in [9.17, 15) is 4.79 Å². The number of nitrogens with zero attached hydrogens (tertiary/aromatic N) is 2. The third-order valence-corrected chi connectivity index (χ3v) is 6.76. The van der Waals surface area contributed by atoms with Gasteiger partial charge in [0.1, 0.15) is 5.75 Å². The molecule has 174 valence electrons. The van der Waals surface area contributed by atoms with Crippen molar-refractivity contribution in [3.05, 3.63) is 72.3 Å². The number of anilines is 1. The maximum absolute atomic E-state index is 12.6. The molecule has 1 saturated heterocycles. The van der Waals surface area contributed by atoms with Crippen molar-refractivity contribution in [3.8, 4) is 5.75 Å². The normalized spacial score (nSPS) is 19.0. The van der Waals surface area contributed by atoms with Gasteiger partial charge >= 0.3 is 0 Å². The second-order valence-electron chi connectivity index (χ2n) is 9.32. The van der Waals surface area contributed by atoms with Crippen LogP contribution in [0.5, 0.6) is 5.75 Å². The maximum atomic E-state index is 12.6. The molecule has 1 amide bonds. The quantitative estimate of drug-likeness (QED) is 0.529. The van der Waals surface area contributed by atoms with E-state index in [1.165, 1.54) is 16.3 Å². The number of nitrogens with one attached hydrogen (secondary N) is 1. The molecule has 0 unspecified atom stereocenters. The predicted molar refractivity (Wildman–Crippen MR) is 136 cm³/mol. The molecule has 4 rings (SSSR count). The van der Waals surface area contributed by atoms with Crippen molar-refractivity contribution in [1.29, 1.82) is 0 Å². The number of benzene rings is 3. The number of hydrogen-bond donors (Lipinski definition) is 1. The molecule has 0 bridgehead atoms. The molecule has 5 nitrogen and oxygen atoms in total. The standard InChI is InChI=1S/C28H35N3O2/c1-30(2)27-15-16-31(19-21-11-12-22-7-4-5-8-23(22)17-21)20-24(27)13-14-28(32)29-25-9-6-10-26(18-25)33-3/h4-12,17-18,24,27H,13-16,19-20H2,1-3H3,(H,29,32)/t24-,27+/m0/s1. The number of carbonyl (C=O) groups is 1. The Balaban J connectivity index is 1.36. The van der Waals surface area contributed by atoms with Crippen LogP contribution >= 0.6 is 0 Å². The van der Waals surface area contributed by atoms with Crippen molar-refractivity contribution in [1.82, 2.24) is 9.80 Å². The van der Waals surface area contributed by atoms with Gasteiger partial charge in [-0.25, -0.2) is 0 Å². The van der Waals surface area contributed by atoms with E-state index in [4.69, 9.17) is 4.74 Å². The van der Waals surface area contributed by atoms with E-state index in [-0.39, 0.29) is 5.91 Å². The number of carbonyl (C=O) groups excluding carboxylic acids is 1. The zero-order chi connectivity index (χ0) is 23.2. The van der Waals surface area contributed by atoms with Crippen LogP contribution in [0.2, 0.25) is 0 Å². The molecule has 5 heteroatoms. The fraction of sp³-hybridized carbons (Fsp3) is 0.393. The van der Waals surface area contributed by atoms with Crippen molar-refractivity contribution >= 4 is 22.4 Å². The Bertz CT molecular complexity index is 1080. The lowest BCUT2D eigenvalue weighted by molar-refractivity contribution is -0.116. The molecule has 1 fully saturated rings. The number of methoxy groups -OCH3 is 1. The number of likely N-dealkylation sites (tertiary alicyclic amines) is 1. The van der Waals surface area contributed by atoms with Crippen LogP contribution in [0.1, 0.15) is 24.8 Å². The van der Waals surface area contributed by atoms with Gasteiger partial charge in [-0.3, -0.25) is 9.69 Å². The van der Waals surface area contributed by atoms with Gasteiger partial charge in [-0.05, 0) is 73.9 Å². The highest BCUT2D eigenvalue weighted by molar-refractivity contribution is 5.90. The van der Waals surface area contributed by atoms with E-state index in [1.54, 1.807) is 7.11 Å². The Labute approximate surface area is 197 Å². The molecule has 3 aromatic carbocycles. The molecular weight excluding hydrogens is 410 g/mol. The molecule has 1 N–H and O–H groups in total. The van der Waals surface area contributed by atoms with E-state index < -0.39 is 0 Å². The van der Waals surface area contributed by atoms with Crippen LogP contribution in [0.15, 0.2) is 66.7 Å². The highest BCUT2D eigenvalue weighted by Crippen LogP contribution is 2.27. The van der Waals surface area contributed by atoms with E-state index in [0.717, 1.165) is 43.9 Å². The van der Waals surface area contributed by atoms with E-state index >= 15 is 0 Å². The largest absolute Gasteiger partial charge is 0.497 e. The molecule has 0 aromatic heterocycles. The lowest BCUT2D eigenvalue weighted by Gasteiger charge is -2.41. The molecular formula is C28H35N3O2. The van der Waals surface area contributed by atoms with Crippen LogP contribution in [0.3, 0.4) is 0 Å². The minimum Gasteiger partial charge on any atom is -0.497 e. The lowest BCUT2D eigenvalue weighted by atomic mass is 9.87. The number of amides is 1. The summed E-state index contributed by atoms with van der Waals surface area (Å²) in [6, 6.07) is 23.3. The Morgan fingerprint density at radius 2 is 1.88 bits per heavy atom. The smallest absolute Gasteiger partial charge is 0.224 e. The molecule has 0 radical (unpaired) electrons. The van der Waals surface area contributed by atoms with Gasteiger partial charge in [-0.1, -0.05) is 42.5 Å². The molecule has 0 aliphatic carbocycles. The molecule has 0 saturated carbocycles. The minimum absolute atomic E-state index is 0.0624. The van der Waals surface area contributed by atoms with Gasteiger partial charge in [-0.2, -0.15) is 0 Å². The summed E-state index contributed by atoms with van der Waals surface area (Å²) in [6.45, 7) is 3.06. The number of rotatable bonds is 8. The van der Waals surface area contributed by atoms with Crippen molar-refractivity contribution in [2.24, 2.45) is 5.92 Å². The van der Waals surface area contributed by atoms with E-state index in [0.29, 0.717) is 18.4 Å². The topological polar surface area (TPSA) is 44.8 Å². The second kappa shape index (κ2) is 10.8. The van der Waals surface area contributed by atoms with Gasteiger partial charge in [0.25, 0.3) is 0 Å². The van der Waals surface area contributed by atoms with Gasteiger partial charge in [0.15, 0.2) is 0 Å². The summed E-state index contributed by atoms with van der Waals surface area (Å²) in [4.78, 5) is 17.5. The Morgan fingerprint density at radius 3 is 2.67 bits per heavy atom. The molecule has 33 heavy (non-hydrogen) atoms. The van der Waals surface area contributed by atoms with Crippen LogP contribution in [0, 0.1) is 5.92 Å². The first-order valence-corrected chi connectivity index (χ1v) is 11.8. The lowest BCUT2D eigenvalue weighted by Crippen LogP contribution is -2.48. The first-order valence-electron chi connectivity index (χ1n) is 11.8. The summed E-state index contributed by atoms with van der Waals surface area (Å²) in [5, 5.41) is 5.60. The molecule has 1 heterocycles. The summed E-state index contributed by atoms with van der Waals surface area (Å²) >= 11 is 0. The number of hydrogen-bond acceptors (Lipinski definition) is 4. The first kappa shape index (κ1) is 23.3. The third-order valence-electron chi connectivity index (χ3n) is 6.76. The van der Waals surface area contributed by atoms with Crippen LogP contribution in [-0.4, -0.2) is 56.0 Å². The average Bonchev–Trinajstić information content (AvgIpc) is 2.82. The molecule has 3 aromatic rings. The molecule has 1 aliphatic rings. The highest BCUT2D eigenvalue weighted by atomic mass is 16.5.